The summed E-state index contributed by atoms with van der Waals surface area (Å²) in [6.07, 6.45) is 3.34. The van der Waals surface area contributed by atoms with Crippen molar-refractivity contribution in [3.63, 3.8) is 0 Å². The van der Waals surface area contributed by atoms with Gasteiger partial charge < -0.3 is 9.84 Å². The minimum Gasteiger partial charge on any atom is -0.339 e. The van der Waals surface area contributed by atoms with Gasteiger partial charge in [-0.15, -0.1) is 0 Å². The number of aromatic nitrogens is 2. The molecule has 1 saturated carbocycles. The second kappa shape index (κ2) is 5.94. The van der Waals surface area contributed by atoms with Crippen molar-refractivity contribution in [3.05, 3.63) is 46.6 Å². The highest BCUT2D eigenvalue weighted by Gasteiger charge is 2.31. The molecule has 1 aliphatic carbocycles. The molecule has 4 nitrogen and oxygen atoms in total. The zero-order chi connectivity index (χ0) is 13.9. The highest BCUT2D eigenvalue weighted by atomic mass is 35.5. The van der Waals surface area contributed by atoms with Crippen molar-refractivity contribution in [2.45, 2.75) is 32.2 Å². The van der Waals surface area contributed by atoms with Crippen LogP contribution in [0.4, 0.5) is 0 Å². The van der Waals surface area contributed by atoms with Gasteiger partial charge in [-0.25, -0.2) is 0 Å². The molecule has 1 aliphatic rings. The van der Waals surface area contributed by atoms with E-state index in [0.29, 0.717) is 17.8 Å². The van der Waals surface area contributed by atoms with Crippen LogP contribution in [0, 0.1) is 12.8 Å². The first-order chi connectivity index (χ1) is 9.72. The molecule has 1 atom stereocenters. The SMILES string of the molecule is Cc1noc(CCNC(c2ccc(Cl)cc2)C2CC2)n1. The monoisotopic (exact) mass is 291 g/mol. The number of aryl methyl sites for hydroxylation is 1. The molecule has 1 fully saturated rings. The van der Waals surface area contributed by atoms with Crippen LogP contribution in [0.25, 0.3) is 0 Å². The molecule has 0 saturated heterocycles. The molecule has 1 N–H and O–H groups in total. The van der Waals surface area contributed by atoms with Gasteiger partial charge >= 0.3 is 0 Å². The normalized spacial score (nSPS) is 16.3. The van der Waals surface area contributed by atoms with E-state index in [-0.39, 0.29) is 0 Å². The summed E-state index contributed by atoms with van der Waals surface area (Å²) in [4.78, 5) is 4.22. The van der Waals surface area contributed by atoms with Gasteiger partial charge in [0, 0.05) is 24.0 Å². The maximum atomic E-state index is 5.95. The van der Waals surface area contributed by atoms with Crippen LogP contribution in [0.5, 0.6) is 0 Å². The van der Waals surface area contributed by atoms with E-state index in [0.717, 1.165) is 23.9 Å². The first-order valence-corrected chi connectivity index (χ1v) is 7.38. The van der Waals surface area contributed by atoms with Crippen LogP contribution < -0.4 is 5.32 Å². The number of hydrogen-bond acceptors (Lipinski definition) is 4. The molecule has 2 aromatic rings. The lowest BCUT2D eigenvalue weighted by Crippen LogP contribution is -2.25. The maximum Gasteiger partial charge on any atom is 0.227 e. The number of benzene rings is 1. The summed E-state index contributed by atoms with van der Waals surface area (Å²) in [6.45, 7) is 2.67. The average Bonchev–Trinajstić information content (AvgIpc) is 3.19. The van der Waals surface area contributed by atoms with E-state index in [1.165, 1.54) is 18.4 Å². The van der Waals surface area contributed by atoms with Crippen LogP contribution in [0.15, 0.2) is 28.8 Å². The van der Waals surface area contributed by atoms with Gasteiger partial charge in [0.05, 0.1) is 0 Å². The molecular formula is C15H18ClN3O. The van der Waals surface area contributed by atoms with Gasteiger partial charge in [0.1, 0.15) is 0 Å². The molecule has 0 radical (unpaired) electrons. The third kappa shape index (κ3) is 3.38. The van der Waals surface area contributed by atoms with Crippen molar-refractivity contribution in [1.29, 1.82) is 0 Å². The number of nitrogens with one attached hydrogen (secondary N) is 1. The summed E-state index contributed by atoms with van der Waals surface area (Å²) < 4.78 is 5.13. The second-order valence-electron chi connectivity index (χ2n) is 5.31. The topological polar surface area (TPSA) is 51.0 Å². The fraction of sp³-hybridized carbons (Fsp3) is 0.467. The predicted molar refractivity (Wildman–Crippen MR) is 77.7 cm³/mol. The molecule has 1 aromatic carbocycles. The fourth-order valence-corrected chi connectivity index (χ4v) is 2.56. The Hall–Kier alpha value is -1.39. The van der Waals surface area contributed by atoms with E-state index in [1.807, 2.05) is 19.1 Å². The minimum atomic E-state index is 0.399. The van der Waals surface area contributed by atoms with Crippen molar-refractivity contribution in [1.82, 2.24) is 15.5 Å². The maximum absolute atomic E-state index is 5.95. The Morgan fingerprint density at radius 1 is 1.35 bits per heavy atom. The van der Waals surface area contributed by atoms with Crippen molar-refractivity contribution < 1.29 is 4.52 Å². The molecule has 1 aromatic heterocycles. The molecule has 20 heavy (non-hydrogen) atoms. The molecular weight excluding hydrogens is 274 g/mol. The van der Waals surface area contributed by atoms with Gasteiger partial charge in [-0.2, -0.15) is 4.98 Å². The molecule has 0 amide bonds. The van der Waals surface area contributed by atoms with Crippen LogP contribution in [0.3, 0.4) is 0 Å². The van der Waals surface area contributed by atoms with E-state index < -0.39 is 0 Å². The summed E-state index contributed by atoms with van der Waals surface area (Å²) in [5.74, 6) is 2.12. The number of halogens is 1. The zero-order valence-corrected chi connectivity index (χ0v) is 12.2. The van der Waals surface area contributed by atoms with Gasteiger partial charge in [-0.05, 0) is 43.4 Å². The van der Waals surface area contributed by atoms with E-state index in [9.17, 15) is 0 Å². The Bertz CT molecular complexity index is 563. The van der Waals surface area contributed by atoms with E-state index in [1.54, 1.807) is 0 Å². The van der Waals surface area contributed by atoms with Crippen molar-refractivity contribution in [2.24, 2.45) is 5.92 Å². The molecule has 3 rings (SSSR count). The van der Waals surface area contributed by atoms with Crippen LogP contribution in [0.1, 0.15) is 36.2 Å². The summed E-state index contributed by atoms with van der Waals surface area (Å²) in [5.41, 5.74) is 1.30. The second-order valence-corrected chi connectivity index (χ2v) is 5.74. The third-order valence-electron chi connectivity index (χ3n) is 3.60. The lowest BCUT2D eigenvalue weighted by atomic mass is 10.0. The smallest absolute Gasteiger partial charge is 0.227 e. The zero-order valence-electron chi connectivity index (χ0n) is 11.5. The molecule has 106 valence electrons. The van der Waals surface area contributed by atoms with Crippen LogP contribution in [0.2, 0.25) is 5.02 Å². The van der Waals surface area contributed by atoms with Gasteiger partial charge in [-0.3, -0.25) is 0 Å². The van der Waals surface area contributed by atoms with Crippen molar-refractivity contribution in [2.75, 3.05) is 6.54 Å². The number of nitrogens with zero attached hydrogens (tertiary/aromatic N) is 2. The summed E-state index contributed by atoms with van der Waals surface area (Å²) in [6, 6.07) is 8.52. The largest absolute Gasteiger partial charge is 0.339 e. The molecule has 5 heteroatoms. The van der Waals surface area contributed by atoms with Crippen molar-refractivity contribution >= 4 is 11.6 Å². The van der Waals surface area contributed by atoms with Crippen LogP contribution in [-0.4, -0.2) is 16.7 Å². The average molecular weight is 292 g/mol. The molecule has 0 spiro atoms. The van der Waals surface area contributed by atoms with E-state index >= 15 is 0 Å². The summed E-state index contributed by atoms with van der Waals surface area (Å²) in [5, 5.41) is 8.19. The van der Waals surface area contributed by atoms with Crippen molar-refractivity contribution in [3.8, 4) is 0 Å². The molecule has 0 aliphatic heterocycles. The third-order valence-corrected chi connectivity index (χ3v) is 3.85. The Labute approximate surface area is 123 Å². The number of hydrogen-bond donors (Lipinski definition) is 1. The summed E-state index contributed by atoms with van der Waals surface area (Å²) >= 11 is 5.95. The Morgan fingerprint density at radius 2 is 2.10 bits per heavy atom. The van der Waals surface area contributed by atoms with Gasteiger partial charge in [0.2, 0.25) is 5.89 Å². The van der Waals surface area contributed by atoms with E-state index in [4.69, 9.17) is 16.1 Å². The molecule has 1 heterocycles. The van der Waals surface area contributed by atoms with E-state index in [2.05, 4.69) is 27.6 Å². The number of rotatable bonds is 6. The summed E-state index contributed by atoms with van der Waals surface area (Å²) in [7, 11) is 0. The highest BCUT2D eigenvalue weighted by Crippen LogP contribution is 2.41. The Kier molecular flexibility index (Phi) is 4.03. The van der Waals surface area contributed by atoms with Gasteiger partial charge in [0.25, 0.3) is 0 Å². The highest BCUT2D eigenvalue weighted by molar-refractivity contribution is 6.30. The lowest BCUT2D eigenvalue weighted by Gasteiger charge is -2.18. The fourth-order valence-electron chi connectivity index (χ4n) is 2.43. The Balaban J connectivity index is 1.59. The standard InChI is InChI=1S/C15H18ClN3O/c1-10-18-14(20-19-10)8-9-17-15(11-2-3-11)12-4-6-13(16)7-5-12/h4-7,11,15,17H,2-3,8-9H2,1H3. The molecule has 0 bridgehead atoms. The first-order valence-electron chi connectivity index (χ1n) is 7.00. The van der Waals surface area contributed by atoms with Crippen LogP contribution >= 0.6 is 11.6 Å². The van der Waals surface area contributed by atoms with Crippen LogP contribution in [-0.2, 0) is 6.42 Å². The minimum absolute atomic E-state index is 0.399. The predicted octanol–water partition coefficient (Wildman–Crippen LogP) is 3.31. The van der Waals surface area contributed by atoms with Gasteiger partial charge in [-0.1, -0.05) is 28.9 Å². The molecule has 1 unspecified atom stereocenters. The first kappa shape index (κ1) is 13.6. The van der Waals surface area contributed by atoms with Gasteiger partial charge in [0.15, 0.2) is 5.82 Å². The lowest BCUT2D eigenvalue weighted by molar-refractivity contribution is 0.366. The quantitative estimate of drug-likeness (QED) is 0.887. The Morgan fingerprint density at radius 3 is 2.70 bits per heavy atom.